The molecule has 2 fully saturated rings. The van der Waals surface area contributed by atoms with Gasteiger partial charge in [-0.1, -0.05) is 11.6 Å². The fourth-order valence-electron chi connectivity index (χ4n) is 3.10. The van der Waals surface area contributed by atoms with Gasteiger partial charge in [0.1, 0.15) is 11.8 Å². The summed E-state index contributed by atoms with van der Waals surface area (Å²) in [4.78, 5) is 25.1. The number of nitrogens with zero attached hydrogens (tertiary/aromatic N) is 1. The predicted octanol–water partition coefficient (Wildman–Crippen LogP) is 3.01. The molecule has 1 aliphatic carbocycles. The number of imide groups is 1. The maximum atomic E-state index is 12.3. The molecule has 24 heavy (non-hydrogen) atoms. The summed E-state index contributed by atoms with van der Waals surface area (Å²) in [5.41, 5.74) is 0.722. The SMILES string of the molecule is C[C@H](Nc1ccc(OC2CCCC2)c(Cl)c1)C(=O)N1CCNC1=O. The number of anilines is 1. The number of halogens is 1. The molecule has 1 saturated carbocycles. The minimum Gasteiger partial charge on any atom is -0.489 e. The van der Waals surface area contributed by atoms with Crippen LogP contribution in [0.4, 0.5) is 10.5 Å². The summed E-state index contributed by atoms with van der Waals surface area (Å²) in [5, 5.41) is 6.23. The average Bonchev–Trinajstić information content (AvgIpc) is 3.20. The normalized spacial score (nSPS) is 19.2. The van der Waals surface area contributed by atoms with Crippen LogP contribution in [0.15, 0.2) is 18.2 Å². The molecule has 1 aromatic rings. The first kappa shape index (κ1) is 16.9. The lowest BCUT2D eigenvalue weighted by molar-refractivity contribution is -0.128. The third-order valence-electron chi connectivity index (χ3n) is 4.40. The third-order valence-corrected chi connectivity index (χ3v) is 4.70. The molecule has 1 saturated heterocycles. The van der Waals surface area contributed by atoms with E-state index in [0.29, 0.717) is 23.9 Å². The Morgan fingerprint density at radius 3 is 2.79 bits per heavy atom. The highest BCUT2D eigenvalue weighted by Crippen LogP contribution is 2.32. The van der Waals surface area contributed by atoms with Gasteiger partial charge in [0, 0.05) is 18.8 Å². The Morgan fingerprint density at radius 1 is 1.42 bits per heavy atom. The van der Waals surface area contributed by atoms with Crippen molar-refractivity contribution in [2.24, 2.45) is 0 Å². The molecule has 3 rings (SSSR count). The Labute approximate surface area is 146 Å². The lowest BCUT2D eigenvalue weighted by Gasteiger charge is -2.20. The summed E-state index contributed by atoms with van der Waals surface area (Å²) in [6.45, 7) is 2.62. The molecule has 3 amide bonds. The summed E-state index contributed by atoms with van der Waals surface area (Å²) in [6, 6.07) is 4.55. The van der Waals surface area contributed by atoms with E-state index < -0.39 is 6.04 Å². The second kappa shape index (κ2) is 7.30. The lowest BCUT2D eigenvalue weighted by atomic mass is 10.2. The first-order chi connectivity index (χ1) is 11.5. The van der Waals surface area contributed by atoms with Crippen LogP contribution >= 0.6 is 11.6 Å². The van der Waals surface area contributed by atoms with Crippen LogP contribution in [0.1, 0.15) is 32.6 Å². The molecule has 1 heterocycles. The summed E-state index contributed by atoms with van der Waals surface area (Å²) in [7, 11) is 0. The van der Waals surface area contributed by atoms with E-state index in [1.165, 1.54) is 17.7 Å². The topological polar surface area (TPSA) is 70.7 Å². The van der Waals surface area contributed by atoms with Crippen molar-refractivity contribution >= 4 is 29.2 Å². The van der Waals surface area contributed by atoms with Crippen molar-refractivity contribution in [1.82, 2.24) is 10.2 Å². The van der Waals surface area contributed by atoms with Gasteiger partial charge in [0.15, 0.2) is 0 Å². The van der Waals surface area contributed by atoms with E-state index in [4.69, 9.17) is 16.3 Å². The van der Waals surface area contributed by atoms with E-state index in [2.05, 4.69) is 10.6 Å². The number of urea groups is 1. The van der Waals surface area contributed by atoms with E-state index in [1.807, 2.05) is 12.1 Å². The van der Waals surface area contributed by atoms with Crippen molar-refractivity contribution in [2.45, 2.75) is 44.8 Å². The van der Waals surface area contributed by atoms with Gasteiger partial charge in [0.25, 0.3) is 5.91 Å². The van der Waals surface area contributed by atoms with Gasteiger partial charge < -0.3 is 15.4 Å². The van der Waals surface area contributed by atoms with Crippen LogP contribution in [-0.2, 0) is 4.79 Å². The maximum Gasteiger partial charge on any atom is 0.324 e. The minimum atomic E-state index is -0.522. The van der Waals surface area contributed by atoms with Gasteiger partial charge in [-0.05, 0) is 50.8 Å². The number of hydrogen-bond acceptors (Lipinski definition) is 4. The fraction of sp³-hybridized carbons (Fsp3) is 0.529. The standard InChI is InChI=1S/C17H22ClN3O3/c1-11(16(22)21-9-8-19-17(21)23)20-12-6-7-15(14(18)10-12)24-13-4-2-3-5-13/h6-7,10-11,13,20H,2-5,8-9H2,1H3,(H,19,23)/t11-/m0/s1. The number of carbonyl (C=O) groups excluding carboxylic acids is 2. The molecule has 2 N–H and O–H groups in total. The summed E-state index contributed by atoms with van der Waals surface area (Å²) in [6.07, 6.45) is 4.78. The van der Waals surface area contributed by atoms with Crippen LogP contribution in [0, 0.1) is 0 Å². The van der Waals surface area contributed by atoms with Crippen LogP contribution in [0.2, 0.25) is 5.02 Å². The minimum absolute atomic E-state index is 0.246. The number of ether oxygens (including phenoxy) is 1. The number of nitrogens with one attached hydrogen (secondary N) is 2. The molecule has 0 radical (unpaired) electrons. The second-order valence-electron chi connectivity index (χ2n) is 6.26. The zero-order valence-electron chi connectivity index (χ0n) is 13.7. The molecule has 0 unspecified atom stereocenters. The molecule has 0 aromatic heterocycles. The Hall–Kier alpha value is -1.95. The predicted molar refractivity (Wildman–Crippen MR) is 92.5 cm³/mol. The molecular weight excluding hydrogens is 330 g/mol. The van der Waals surface area contributed by atoms with Gasteiger partial charge >= 0.3 is 6.03 Å². The van der Waals surface area contributed by atoms with Crippen LogP contribution in [0.5, 0.6) is 5.75 Å². The molecule has 130 valence electrons. The zero-order valence-corrected chi connectivity index (χ0v) is 14.4. The number of amides is 3. The van der Waals surface area contributed by atoms with E-state index >= 15 is 0 Å². The van der Waals surface area contributed by atoms with Crippen molar-refractivity contribution in [2.75, 3.05) is 18.4 Å². The molecule has 1 aliphatic heterocycles. The third kappa shape index (κ3) is 3.75. The average molecular weight is 352 g/mol. The Morgan fingerprint density at radius 2 is 2.17 bits per heavy atom. The quantitative estimate of drug-likeness (QED) is 0.855. The Balaban J connectivity index is 1.61. The van der Waals surface area contributed by atoms with Crippen molar-refractivity contribution in [3.63, 3.8) is 0 Å². The highest BCUT2D eigenvalue weighted by atomic mass is 35.5. The zero-order chi connectivity index (χ0) is 17.1. The van der Waals surface area contributed by atoms with Gasteiger partial charge in [0.05, 0.1) is 11.1 Å². The lowest BCUT2D eigenvalue weighted by Crippen LogP contribution is -2.43. The van der Waals surface area contributed by atoms with Crippen LogP contribution < -0.4 is 15.4 Å². The monoisotopic (exact) mass is 351 g/mol. The molecule has 2 aliphatic rings. The van der Waals surface area contributed by atoms with Gasteiger partial charge in [-0.15, -0.1) is 0 Å². The summed E-state index contributed by atoms with van der Waals surface area (Å²) < 4.78 is 5.92. The van der Waals surface area contributed by atoms with Crippen molar-refractivity contribution in [3.8, 4) is 5.75 Å². The fourth-order valence-corrected chi connectivity index (χ4v) is 3.32. The van der Waals surface area contributed by atoms with E-state index in [9.17, 15) is 9.59 Å². The van der Waals surface area contributed by atoms with E-state index in [-0.39, 0.29) is 18.0 Å². The van der Waals surface area contributed by atoms with Crippen LogP contribution in [0.25, 0.3) is 0 Å². The number of rotatable bonds is 5. The molecule has 7 heteroatoms. The number of hydrogen-bond donors (Lipinski definition) is 2. The highest BCUT2D eigenvalue weighted by Gasteiger charge is 2.29. The van der Waals surface area contributed by atoms with Gasteiger partial charge in [-0.25, -0.2) is 4.79 Å². The number of benzene rings is 1. The van der Waals surface area contributed by atoms with Gasteiger partial charge in [-0.2, -0.15) is 0 Å². The first-order valence-electron chi connectivity index (χ1n) is 8.36. The van der Waals surface area contributed by atoms with Crippen LogP contribution in [0.3, 0.4) is 0 Å². The molecule has 0 spiro atoms. The van der Waals surface area contributed by atoms with E-state index in [0.717, 1.165) is 18.5 Å². The first-order valence-corrected chi connectivity index (χ1v) is 8.74. The second-order valence-corrected chi connectivity index (χ2v) is 6.66. The summed E-state index contributed by atoms with van der Waals surface area (Å²) >= 11 is 6.30. The van der Waals surface area contributed by atoms with Crippen LogP contribution in [-0.4, -0.2) is 42.1 Å². The Bertz CT molecular complexity index is 632. The van der Waals surface area contributed by atoms with Crippen molar-refractivity contribution in [1.29, 1.82) is 0 Å². The molecule has 1 aromatic carbocycles. The molecule has 1 atom stereocenters. The van der Waals surface area contributed by atoms with Gasteiger partial charge in [-0.3, -0.25) is 9.69 Å². The van der Waals surface area contributed by atoms with E-state index in [1.54, 1.807) is 13.0 Å². The Kier molecular flexibility index (Phi) is 5.14. The summed E-state index contributed by atoms with van der Waals surface area (Å²) in [5.74, 6) is 0.416. The largest absolute Gasteiger partial charge is 0.489 e. The van der Waals surface area contributed by atoms with Crippen molar-refractivity contribution in [3.05, 3.63) is 23.2 Å². The molecule has 0 bridgehead atoms. The molecule has 6 nitrogen and oxygen atoms in total. The highest BCUT2D eigenvalue weighted by molar-refractivity contribution is 6.32. The number of carbonyl (C=O) groups is 2. The smallest absolute Gasteiger partial charge is 0.324 e. The maximum absolute atomic E-state index is 12.3. The molecular formula is C17H22ClN3O3. The van der Waals surface area contributed by atoms with Crippen molar-refractivity contribution < 1.29 is 14.3 Å². The van der Waals surface area contributed by atoms with Gasteiger partial charge in [0.2, 0.25) is 0 Å².